The molecule has 0 aliphatic heterocycles. The summed E-state index contributed by atoms with van der Waals surface area (Å²) in [7, 11) is -7.04. The number of amides is 1. The summed E-state index contributed by atoms with van der Waals surface area (Å²) in [5, 5.41) is 2.89. The van der Waals surface area contributed by atoms with E-state index in [2.05, 4.69) is 5.32 Å². The highest BCUT2D eigenvalue weighted by atomic mass is 32.2. The van der Waals surface area contributed by atoms with Gasteiger partial charge >= 0.3 is 5.51 Å². The summed E-state index contributed by atoms with van der Waals surface area (Å²) in [4.78, 5) is 13.1. The zero-order chi connectivity index (χ0) is 29.6. The first-order chi connectivity index (χ1) is 18.7. The van der Waals surface area contributed by atoms with Crippen molar-refractivity contribution in [3.05, 3.63) is 84.4 Å². The molecule has 0 aliphatic carbocycles. The Morgan fingerprint density at radius 2 is 1.52 bits per heavy atom. The summed E-state index contributed by atoms with van der Waals surface area (Å²) < 4.78 is 93.7. The molecule has 1 unspecified atom stereocenters. The summed E-state index contributed by atoms with van der Waals surface area (Å²) in [6.45, 7) is 0.548. The van der Waals surface area contributed by atoms with Gasteiger partial charge in [-0.15, -0.1) is 11.8 Å². The van der Waals surface area contributed by atoms with Crippen LogP contribution in [-0.4, -0.2) is 65.6 Å². The second-order valence-electron chi connectivity index (χ2n) is 8.97. The Balaban J connectivity index is 1.98. The lowest BCUT2D eigenvalue weighted by Gasteiger charge is -2.24. The van der Waals surface area contributed by atoms with Crippen molar-refractivity contribution in [2.75, 3.05) is 31.7 Å². The normalized spacial score (nSPS) is 13.2. The monoisotopic (exact) mass is 615 g/mol. The predicted octanol–water partition coefficient (Wildman–Crippen LogP) is 4.62. The number of carbonyl (C=O) groups is 1. The molecule has 3 aromatic rings. The van der Waals surface area contributed by atoms with E-state index >= 15 is 0 Å². The van der Waals surface area contributed by atoms with Crippen LogP contribution in [0.4, 0.5) is 18.9 Å². The number of hydrogen-bond acceptors (Lipinski definition) is 8. The lowest BCUT2D eigenvalue weighted by atomic mass is 10.2. The molecule has 14 heteroatoms. The Labute approximate surface area is 235 Å². The van der Waals surface area contributed by atoms with E-state index < -0.39 is 52.8 Å². The lowest BCUT2D eigenvalue weighted by Crippen LogP contribution is -2.32. The van der Waals surface area contributed by atoms with Gasteiger partial charge in [0.2, 0.25) is 0 Å². The Bertz CT molecular complexity index is 1520. The van der Waals surface area contributed by atoms with Crippen molar-refractivity contribution in [2.45, 2.75) is 32.7 Å². The summed E-state index contributed by atoms with van der Waals surface area (Å²) >= 11 is 1.43. The van der Waals surface area contributed by atoms with Crippen molar-refractivity contribution in [3.8, 4) is 0 Å². The molecule has 0 radical (unpaired) electrons. The van der Waals surface area contributed by atoms with Crippen LogP contribution >= 0.6 is 11.8 Å². The third kappa shape index (κ3) is 8.22. The Morgan fingerprint density at radius 1 is 0.925 bits per heavy atom. The lowest BCUT2D eigenvalue weighted by molar-refractivity contribution is -0.0435. The quantitative estimate of drug-likeness (QED) is 0.284. The smallest absolute Gasteiger partial charge is 0.380 e. The van der Waals surface area contributed by atoms with Crippen LogP contribution in [0.2, 0.25) is 0 Å². The predicted molar refractivity (Wildman–Crippen MR) is 149 cm³/mol. The number of sulfone groups is 1. The standard InChI is InChI=1S/C26H28F3N3O5S3/c1-32(2)16-15-20(18-38-21-11-7-4-8-12-21)30-23-14-13-22(17-24(23)39(34,35)26(27,28)29)40(36,37)31-25(33)19-9-5-3-6-10-19/h3-14,17,20,30H,15-16,18H2,1-2H3,(H,31,33). The first-order valence-electron chi connectivity index (χ1n) is 11.9. The van der Waals surface area contributed by atoms with Crippen LogP contribution in [0.15, 0.2) is 93.5 Å². The molecular formula is C26H28F3N3O5S3. The zero-order valence-electron chi connectivity index (χ0n) is 21.6. The van der Waals surface area contributed by atoms with E-state index in [9.17, 15) is 34.8 Å². The number of halogens is 3. The van der Waals surface area contributed by atoms with E-state index in [1.807, 2.05) is 49.3 Å². The number of nitrogens with one attached hydrogen (secondary N) is 2. The van der Waals surface area contributed by atoms with Crippen LogP contribution in [0.5, 0.6) is 0 Å². The van der Waals surface area contributed by atoms with Gasteiger partial charge in [-0.2, -0.15) is 13.2 Å². The largest absolute Gasteiger partial charge is 0.501 e. The number of hydrogen-bond donors (Lipinski definition) is 2. The molecule has 0 bridgehead atoms. The van der Waals surface area contributed by atoms with Gasteiger partial charge in [0.05, 0.1) is 10.6 Å². The first-order valence-corrected chi connectivity index (χ1v) is 15.8. The molecule has 0 heterocycles. The van der Waals surface area contributed by atoms with E-state index in [4.69, 9.17) is 0 Å². The number of benzene rings is 3. The molecule has 8 nitrogen and oxygen atoms in total. The number of thioether (sulfide) groups is 1. The second-order valence-corrected chi connectivity index (χ2v) is 13.7. The van der Waals surface area contributed by atoms with Crippen molar-refractivity contribution >= 4 is 43.2 Å². The van der Waals surface area contributed by atoms with Crippen LogP contribution in [0.1, 0.15) is 16.8 Å². The number of anilines is 1. The summed E-state index contributed by atoms with van der Waals surface area (Å²) in [6, 6.07) is 18.4. The van der Waals surface area contributed by atoms with Gasteiger partial charge in [-0.25, -0.2) is 21.6 Å². The molecule has 0 spiro atoms. The molecule has 0 aromatic heterocycles. The highest BCUT2D eigenvalue weighted by molar-refractivity contribution is 7.99. The molecule has 1 atom stereocenters. The number of rotatable bonds is 12. The Kier molecular flexibility index (Phi) is 10.3. The number of nitrogens with zero attached hydrogens (tertiary/aromatic N) is 1. The number of carbonyl (C=O) groups excluding carboxylic acids is 1. The van der Waals surface area contributed by atoms with Crippen LogP contribution in [0.25, 0.3) is 0 Å². The van der Waals surface area contributed by atoms with Gasteiger partial charge in [0.25, 0.3) is 25.8 Å². The van der Waals surface area contributed by atoms with E-state index in [0.29, 0.717) is 24.8 Å². The van der Waals surface area contributed by atoms with Crippen LogP contribution in [-0.2, 0) is 19.9 Å². The first kappa shape index (κ1) is 31.5. The minimum atomic E-state index is -5.97. The molecular weight excluding hydrogens is 587 g/mol. The van der Waals surface area contributed by atoms with E-state index in [0.717, 1.165) is 17.0 Å². The molecule has 0 fully saturated rings. The third-order valence-corrected chi connectivity index (χ3v) is 9.63. The molecule has 1 amide bonds. The minimum absolute atomic E-state index is 0.00727. The molecule has 3 aromatic carbocycles. The van der Waals surface area contributed by atoms with Gasteiger partial charge in [-0.3, -0.25) is 4.79 Å². The minimum Gasteiger partial charge on any atom is -0.380 e. The fourth-order valence-corrected chi connectivity index (χ4v) is 6.53. The summed E-state index contributed by atoms with van der Waals surface area (Å²) in [5.74, 6) is -0.638. The molecule has 40 heavy (non-hydrogen) atoms. The van der Waals surface area contributed by atoms with Crippen LogP contribution in [0.3, 0.4) is 0 Å². The van der Waals surface area contributed by atoms with Crippen molar-refractivity contribution in [1.29, 1.82) is 0 Å². The Hall–Kier alpha value is -3.07. The molecule has 0 saturated heterocycles. The van der Waals surface area contributed by atoms with Crippen molar-refractivity contribution in [2.24, 2.45) is 0 Å². The average molecular weight is 616 g/mol. The fraction of sp³-hybridized carbons (Fsp3) is 0.269. The van der Waals surface area contributed by atoms with Gasteiger partial charge in [0.15, 0.2) is 0 Å². The van der Waals surface area contributed by atoms with Crippen LogP contribution < -0.4 is 10.0 Å². The SMILES string of the molecule is CN(C)CCC(CSc1ccccc1)Nc1ccc(S(=O)(=O)NC(=O)c2ccccc2)cc1S(=O)(=O)C(F)(F)F. The zero-order valence-corrected chi connectivity index (χ0v) is 24.0. The van der Waals surface area contributed by atoms with Gasteiger partial charge < -0.3 is 10.2 Å². The van der Waals surface area contributed by atoms with Gasteiger partial charge in [-0.1, -0.05) is 36.4 Å². The maximum atomic E-state index is 13.7. The molecule has 3 rings (SSSR count). The average Bonchev–Trinajstić information content (AvgIpc) is 2.90. The molecule has 216 valence electrons. The molecule has 2 N–H and O–H groups in total. The topological polar surface area (TPSA) is 113 Å². The van der Waals surface area contributed by atoms with Gasteiger partial charge in [-0.05, 0) is 69.5 Å². The second kappa shape index (κ2) is 13.1. The van der Waals surface area contributed by atoms with E-state index in [1.54, 1.807) is 10.8 Å². The maximum Gasteiger partial charge on any atom is 0.501 e. The number of sulfonamides is 1. The third-order valence-electron chi connectivity index (χ3n) is 5.60. The van der Waals surface area contributed by atoms with Crippen molar-refractivity contribution in [3.63, 3.8) is 0 Å². The summed E-state index contributed by atoms with van der Waals surface area (Å²) in [5.41, 5.74) is -6.10. The number of alkyl halides is 3. The van der Waals surface area contributed by atoms with E-state index in [-0.39, 0.29) is 5.56 Å². The highest BCUT2D eigenvalue weighted by Crippen LogP contribution is 2.36. The van der Waals surface area contributed by atoms with Crippen LogP contribution in [0, 0.1) is 0 Å². The fourth-order valence-electron chi connectivity index (χ4n) is 3.51. The molecule has 0 saturated carbocycles. The maximum absolute atomic E-state index is 13.7. The Morgan fingerprint density at radius 3 is 2.10 bits per heavy atom. The van der Waals surface area contributed by atoms with E-state index in [1.165, 1.54) is 36.0 Å². The van der Waals surface area contributed by atoms with Crippen molar-refractivity contribution < 1.29 is 34.8 Å². The van der Waals surface area contributed by atoms with Gasteiger partial charge in [0.1, 0.15) is 4.90 Å². The van der Waals surface area contributed by atoms with Gasteiger partial charge in [0, 0.05) is 22.3 Å². The summed E-state index contributed by atoms with van der Waals surface area (Å²) in [6.07, 6.45) is 0.450. The molecule has 0 aliphatic rings. The highest BCUT2D eigenvalue weighted by Gasteiger charge is 2.48. The van der Waals surface area contributed by atoms with Crippen molar-refractivity contribution in [1.82, 2.24) is 9.62 Å².